The standard InChI is InChI=1S/C12H14O4/c1-3-4-9-7-10(12(14)15)5-6-11(9)16-8(2)13/h5-7H,3-4H2,1-2H3,(H,14,15). The Bertz CT molecular complexity index is 409. The van der Waals surface area contributed by atoms with Crippen LogP contribution >= 0.6 is 0 Å². The summed E-state index contributed by atoms with van der Waals surface area (Å²) in [7, 11) is 0. The highest BCUT2D eigenvalue weighted by Gasteiger charge is 2.10. The molecule has 0 fully saturated rings. The number of rotatable bonds is 4. The van der Waals surface area contributed by atoms with E-state index in [1.165, 1.54) is 19.1 Å². The molecule has 86 valence electrons. The Labute approximate surface area is 93.9 Å². The minimum atomic E-state index is -0.980. The Morgan fingerprint density at radius 3 is 2.56 bits per heavy atom. The van der Waals surface area contributed by atoms with Crippen molar-refractivity contribution < 1.29 is 19.4 Å². The second-order valence-electron chi connectivity index (χ2n) is 3.47. The molecule has 0 bridgehead atoms. The number of esters is 1. The van der Waals surface area contributed by atoms with E-state index in [2.05, 4.69) is 0 Å². The number of ether oxygens (including phenoxy) is 1. The van der Waals surface area contributed by atoms with Gasteiger partial charge in [0.1, 0.15) is 5.75 Å². The SMILES string of the molecule is CCCc1cc(C(=O)O)ccc1OC(C)=O. The Morgan fingerprint density at radius 1 is 1.38 bits per heavy atom. The maximum Gasteiger partial charge on any atom is 0.335 e. The Morgan fingerprint density at radius 2 is 2.06 bits per heavy atom. The van der Waals surface area contributed by atoms with Gasteiger partial charge in [-0.3, -0.25) is 4.79 Å². The maximum atomic E-state index is 10.8. The number of hydrogen-bond acceptors (Lipinski definition) is 3. The van der Waals surface area contributed by atoms with Gasteiger partial charge in [-0.05, 0) is 30.2 Å². The van der Waals surface area contributed by atoms with Crippen molar-refractivity contribution in [2.45, 2.75) is 26.7 Å². The number of carboxylic acids is 1. The summed E-state index contributed by atoms with van der Waals surface area (Å²) in [6.45, 7) is 3.30. The number of aryl methyl sites for hydroxylation is 1. The minimum absolute atomic E-state index is 0.208. The lowest BCUT2D eigenvalue weighted by Gasteiger charge is -2.08. The van der Waals surface area contributed by atoms with Crippen LogP contribution in [-0.2, 0) is 11.2 Å². The largest absolute Gasteiger partial charge is 0.478 e. The summed E-state index contributed by atoms with van der Waals surface area (Å²) in [6, 6.07) is 4.50. The predicted molar refractivity (Wildman–Crippen MR) is 58.7 cm³/mol. The fourth-order valence-corrected chi connectivity index (χ4v) is 1.43. The fourth-order valence-electron chi connectivity index (χ4n) is 1.43. The van der Waals surface area contributed by atoms with Crippen molar-refractivity contribution in [2.75, 3.05) is 0 Å². The molecule has 4 nitrogen and oxygen atoms in total. The van der Waals surface area contributed by atoms with E-state index in [9.17, 15) is 9.59 Å². The van der Waals surface area contributed by atoms with Crippen molar-refractivity contribution in [1.29, 1.82) is 0 Å². The van der Waals surface area contributed by atoms with Crippen LogP contribution in [-0.4, -0.2) is 17.0 Å². The first-order valence-electron chi connectivity index (χ1n) is 5.09. The van der Waals surface area contributed by atoms with Crippen LogP contribution in [0.2, 0.25) is 0 Å². The Balaban J connectivity index is 3.08. The van der Waals surface area contributed by atoms with Crippen LogP contribution in [0, 0.1) is 0 Å². The van der Waals surface area contributed by atoms with Crippen LogP contribution in [0.5, 0.6) is 5.75 Å². The molecule has 0 saturated carbocycles. The van der Waals surface area contributed by atoms with Crippen molar-refractivity contribution in [3.8, 4) is 5.75 Å². The molecule has 1 rings (SSSR count). The van der Waals surface area contributed by atoms with Gasteiger partial charge in [-0.15, -0.1) is 0 Å². The molecule has 0 aliphatic carbocycles. The van der Waals surface area contributed by atoms with Gasteiger partial charge in [0.15, 0.2) is 0 Å². The second-order valence-corrected chi connectivity index (χ2v) is 3.47. The average Bonchev–Trinajstić information content (AvgIpc) is 2.20. The van der Waals surface area contributed by atoms with Crippen LogP contribution in [0.1, 0.15) is 36.2 Å². The quantitative estimate of drug-likeness (QED) is 0.627. The zero-order chi connectivity index (χ0) is 12.1. The molecule has 4 heteroatoms. The van der Waals surface area contributed by atoms with E-state index in [4.69, 9.17) is 9.84 Å². The van der Waals surface area contributed by atoms with Crippen LogP contribution < -0.4 is 4.74 Å². The third kappa shape index (κ3) is 3.08. The first kappa shape index (κ1) is 12.2. The lowest BCUT2D eigenvalue weighted by atomic mass is 10.1. The first-order valence-corrected chi connectivity index (χ1v) is 5.09. The molecule has 0 radical (unpaired) electrons. The molecule has 0 aliphatic heterocycles. The van der Waals surface area contributed by atoms with Gasteiger partial charge in [0, 0.05) is 6.92 Å². The van der Waals surface area contributed by atoms with Crippen molar-refractivity contribution in [3.63, 3.8) is 0 Å². The normalized spacial score (nSPS) is 9.88. The summed E-state index contributed by atoms with van der Waals surface area (Å²) < 4.78 is 5.00. The molecule has 0 heterocycles. The Kier molecular flexibility index (Phi) is 4.05. The number of carboxylic acid groups (broad SMARTS) is 1. The van der Waals surface area contributed by atoms with Gasteiger partial charge in [-0.1, -0.05) is 13.3 Å². The molecule has 0 saturated heterocycles. The van der Waals surface area contributed by atoms with Crippen LogP contribution in [0.4, 0.5) is 0 Å². The smallest absolute Gasteiger partial charge is 0.335 e. The van der Waals surface area contributed by atoms with E-state index >= 15 is 0 Å². The summed E-state index contributed by atoms with van der Waals surface area (Å²) in [5, 5.41) is 8.84. The minimum Gasteiger partial charge on any atom is -0.478 e. The lowest BCUT2D eigenvalue weighted by Crippen LogP contribution is -2.05. The van der Waals surface area contributed by atoms with Crippen molar-refractivity contribution in [1.82, 2.24) is 0 Å². The maximum absolute atomic E-state index is 10.8. The fraction of sp³-hybridized carbons (Fsp3) is 0.333. The van der Waals surface area contributed by atoms with Gasteiger partial charge < -0.3 is 9.84 Å². The zero-order valence-electron chi connectivity index (χ0n) is 9.32. The van der Waals surface area contributed by atoms with Gasteiger partial charge >= 0.3 is 11.9 Å². The molecule has 0 aromatic heterocycles. The first-order chi connectivity index (χ1) is 7.54. The van der Waals surface area contributed by atoms with Crippen LogP contribution in [0.3, 0.4) is 0 Å². The molecule has 1 aromatic carbocycles. The third-order valence-corrected chi connectivity index (χ3v) is 2.08. The molecule has 0 amide bonds. The van der Waals surface area contributed by atoms with Gasteiger partial charge in [0.2, 0.25) is 0 Å². The second kappa shape index (κ2) is 5.30. The summed E-state index contributed by atoms with van der Waals surface area (Å²) in [6.07, 6.45) is 1.54. The van der Waals surface area contributed by atoms with E-state index < -0.39 is 11.9 Å². The zero-order valence-corrected chi connectivity index (χ0v) is 9.32. The van der Waals surface area contributed by atoms with E-state index in [0.29, 0.717) is 12.2 Å². The molecular weight excluding hydrogens is 208 g/mol. The monoisotopic (exact) mass is 222 g/mol. The molecule has 0 spiro atoms. The molecule has 0 atom stereocenters. The molecule has 0 aliphatic rings. The molecule has 1 aromatic rings. The summed E-state index contributed by atoms with van der Waals surface area (Å²) >= 11 is 0. The third-order valence-electron chi connectivity index (χ3n) is 2.08. The number of benzene rings is 1. The van der Waals surface area contributed by atoms with E-state index in [1.54, 1.807) is 6.07 Å². The Hall–Kier alpha value is -1.84. The van der Waals surface area contributed by atoms with Gasteiger partial charge in [0.05, 0.1) is 5.56 Å². The molecular formula is C12H14O4. The highest BCUT2D eigenvalue weighted by molar-refractivity contribution is 5.88. The topological polar surface area (TPSA) is 63.6 Å². The molecule has 1 N–H and O–H groups in total. The van der Waals surface area contributed by atoms with Gasteiger partial charge in [-0.2, -0.15) is 0 Å². The lowest BCUT2D eigenvalue weighted by molar-refractivity contribution is -0.131. The van der Waals surface area contributed by atoms with Gasteiger partial charge in [0.25, 0.3) is 0 Å². The number of carbonyl (C=O) groups excluding carboxylic acids is 1. The number of aromatic carboxylic acids is 1. The van der Waals surface area contributed by atoms with Crippen LogP contribution in [0.15, 0.2) is 18.2 Å². The van der Waals surface area contributed by atoms with E-state index in [0.717, 1.165) is 12.0 Å². The van der Waals surface area contributed by atoms with Gasteiger partial charge in [-0.25, -0.2) is 4.79 Å². The number of carbonyl (C=O) groups is 2. The average molecular weight is 222 g/mol. The summed E-state index contributed by atoms with van der Waals surface area (Å²) in [4.78, 5) is 21.6. The highest BCUT2D eigenvalue weighted by atomic mass is 16.5. The highest BCUT2D eigenvalue weighted by Crippen LogP contribution is 2.22. The summed E-state index contributed by atoms with van der Waals surface area (Å²) in [5.74, 6) is -0.938. The predicted octanol–water partition coefficient (Wildman–Crippen LogP) is 2.26. The molecule has 0 unspecified atom stereocenters. The number of hydrogen-bond donors (Lipinski definition) is 1. The molecule has 16 heavy (non-hydrogen) atoms. The van der Waals surface area contributed by atoms with Crippen molar-refractivity contribution >= 4 is 11.9 Å². The van der Waals surface area contributed by atoms with Crippen molar-refractivity contribution in [3.05, 3.63) is 29.3 Å². The summed E-state index contributed by atoms with van der Waals surface area (Å²) in [5.41, 5.74) is 0.956. The van der Waals surface area contributed by atoms with E-state index in [-0.39, 0.29) is 5.56 Å². The van der Waals surface area contributed by atoms with Crippen LogP contribution in [0.25, 0.3) is 0 Å². The van der Waals surface area contributed by atoms with E-state index in [1.807, 2.05) is 6.92 Å². The van der Waals surface area contributed by atoms with Crippen molar-refractivity contribution in [2.24, 2.45) is 0 Å².